The number of nitrogens with zero attached hydrogens (tertiary/aromatic N) is 4. The molecule has 0 atom stereocenters. The molecule has 0 aromatic carbocycles. The van der Waals surface area contributed by atoms with Crippen molar-refractivity contribution in [1.82, 2.24) is 25.3 Å². The van der Waals surface area contributed by atoms with Gasteiger partial charge in [0, 0.05) is 31.9 Å². The summed E-state index contributed by atoms with van der Waals surface area (Å²) in [7, 11) is 0. The maximum absolute atomic E-state index is 5.34. The number of hydrogen-bond donors (Lipinski definition) is 1. The lowest BCUT2D eigenvalue weighted by Crippen LogP contribution is -2.27. The van der Waals surface area contributed by atoms with Crippen LogP contribution < -0.4 is 5.32 Å². The van der Waals surface area contributed by atoms with Gasteiger partial charge in [-0.2, -0.15) is 4.98 Å². The van der Waals surface area contributed by atoms with E-state index in [4.69, 9.17) is 4.52 Å². The van der Waals surface area contributed by atoms with Crippen molar-refractivity contribution in [2.75, 3.05) is 26.2 Å². The van der Waals surface area contributed by atoms with Crippen LogP contribution in [0.2, 0.25) is 0 Å². The van der Waals surface area contributed by atoms with Crippen molar-refractivity contribution in [3.63, 3.8) is 0 Å². The molecule has 0 bridgehead atoms. The first-order valence-corrected chi connectivity index (χ1v) is 7.03. The highest BCUT2D eigenvalue weighted by Gasteiger charge is 2.13. The Morgan fingerprint density at radius 3 is 3.20 bits per heavy atom. The van der Waals surface area contributed by atoms with E-state index in [1.807, 2.05) is 18.3 Å². The lowest BCUT2D eigenvalue weighted by atomic mass is 10.2. The summed E-state index contributed by atoms with van der Waals surface area (Å²) in [4.78, 5) is 10.9. The molecule has 1 N–H and O–H groups in total. The van der Waals surface area contributed by atoms with Crippen molar-refractivity contribution >= 4 is 0 Å². The summed E-state index contributed by atoms with van der Waals surface area (Å²) < 4.78 is 5.34. The van der Waals surface area contributed by atoms with Gasteiger partial charge in [-0.3, -0.25) is 9.88 Å². The van der Waals surface area contributed by atoms with E-state index in [0.29, 0.717) is 12.3 Å². The smallest absolute Gasteiger partial charge is 0.240 e. The number of nitrogens with one attached hydrogen (secondary N) is 1. The van der Waals surface area contributed by atoms with Gasteiger partial charge in [0.05, 0.1) is 6.54 Å². The molecule has 3 heterocycles. The number of pyridine rings is 1. The Morgan fingerprint density at radius 1 is 1.30 bits per heavy atom. The van der Waals surface area contributed by atoms with Crippen molar-refractivity contribution in [3.8, 4) is 0 Å². The first kappa shape index (κ1) is 13.2. The zero-order chi connectivity index (χ0) is 13.6. The minimum Gasteiger partial charge on any atom is -0.338 e. The van der Waals surface area contributed by atoms with Gasteiger partial charge in [0.2, 0.25) is 5.89 Å². The van der Waals surface area contributed by atoms with Crippen molar-refractivity contribution in [2.24, 2.45) is 0 Å². The fourth-order valence-electron chi connectivity index (χ4n) is 2.36. The molecule has 1 aliphatic heterocycles. The molecule has 106 valence electrons. The van der Waals surface area contributed by atoms with E-state index in [2.05, 4.69) is 25.3 Å². The van der Waals surface area contributed by atoms with Gasteiger partial charge in [-0.25, -0.2) is 0 Å². The molecular weight excluding hydrogens is 254 g/mol. The van der Waals surface area contributed by atoms with Gasteiger partial charge >= 0.3 is 0 Å². The normalized spacial score (nSPS) is 17.0. The van der Waals surface area contributed by atoms with Crippen LogP contribution in [0.1, 0.15) is 23.7 Å². The standard InChI is InChI=1S/C14H19N5O/c1-3-12(10-16-4-1)9-13-17-14(20-18-13)11-19-7-2-5-15-6-8-19/h1,3-4,10,15H,2,5-9,11H2. The Morgan fingerprint density at radius 2 is 2.30 bits per heavy atom. The van der Waals surface area contributed by atoms with E-state index >= 15 is 0 Å². The van der Waals surface area contributed by atoms with Gasteiger partial charge in [0.15, 0.2) is 5.82 Å². The molecule has 1 fully saturated rings. The van der Waals surface area contributed by atoms with Gasteiger partial charge in [-0.05, 0) is 31.1 Å². The minimum atomic E-state index is 0.666. The highest BCUT2D eigenvalue weighted by atomic mass is 16.5. The zero-order valence-electron chi connectivity index (χ0n) is 11.5. The Hall–Kier alpha value is -1.79. The Labute approximate surface area is 118 Å². The van der Waals surface area contributed by atoms with Crippen molar-refractivity contribution < 1.29 is 4.52 Å². The largest absolute Gasteiger partial charge is 0.338 e. The third-order valence-corrected chi connectivity index (χ3v) is 3.39. The Kier molecular flexibility index (Phi) is 4.35. The van der Waals surface area contributed by atoms with Gasteiger partial charge in [-0.15, -0.1) is 0 Å². The summed E-state index contributed by atoms with van der Waals surface area (Å²) in [5.41, 5.74) is 1.10. The summed E-state index contributed by atoms with van der Waals surface area (Å²) in [5, 5.41) is 7.43. The second-order valence-corrected chi connectivity index (χ2v) is 5.02. The van der Waals surface area contributed by atoms with Crippen LogP contribution in [0.4, 0.5) is 0 Å². The average Bonchev–Trinajstić information content (AvgIpc) is 2.74. The molecule has 3 rings (SSSR count). The van der Waals surface area contributed by atoms with Gasteiger partial charge in [0.1, 0.15) is 0 Å². The highest BCUT2D eigenvalue weighted by Crippen LogP contribution is 2.08. The molecule has 0 amide bonds. The van der Waals surface area contributed by atoms with E-state index < -0.39 is 0 Å². The lowest BCUT2D eigenvalue weighted by molar-refractivity contribution is 0.238. The molecule has 0 unspecified atom stereocenters. The summed E-state index contributed by atoms with van der Waals surface area (Å²) in [6.07, 6.45) is 5.42. The van der Waals surface area contributed by atoms with E-state index in [0.717, 1.165) is 50.5 Å². The molecule has 2 aromatic heterocycles. The predicted octanol–water partition coefficient (Wildman–Crippen LogP) is 0.851. The SMILES string of the molecule is c1cncc(Cc2noc(CN3CCCNCC3)n2)c1. The fourth-order valence-corrected chi connectivity index (χ4v) is 2.36. The van der Waals surface area contributed by atoms with E-state index in [9.17, 15) is 0 Å². The number of hydrogen-bond acceptors (Lipinski definition) is 6. The van der Waals surface area contributed by atoms with Gasteiger partial charge < -0.3 is 9.84 Å². The van der Waals surface area contributed by atoms with Gasteiger partial charge in [-0.1, -0.05) is 11.2 Å². The van der Waals surface area contributed by atoms with Crippen LogP contribution in [0, 0.1) is 0 Å². The molecule has 2 aromatic rings. The fraction of sp³-hybridized carbons (Fsp3) is 0.500. The second-order valence-electron chi connectivity index (χ2n) is 5.02. The molecular formula is C14H19N5O. The summed E-state index contributed by atoms with van der Waals surface area (Å²) >= 11 is 0. The first-order chi connectivity index (χ1) is 9.90. The summed E-state index contributed by atoms with van der Waals surface area (Å²) in [6.45, 7) is 4.96. The third kappa shape index (κ3) is 3.61. The molecule has 6 heteroatoms. The molecule has 6 nitrogen and oxygen atoms in total. The average molecular weight is 273 g/mol. The van der Waals surface area contributed by atoms with Gasteiger partial charge in [0.25, 0.3) is 0 Å². The van der Waals surface area contributed by atoms with Crippen LogP contribution in [0.3, 0.4) is 0 Å². The third-order valence-electron chi connectivity index (χ3n) is 3.39. The summed E-state index contributed by atoms with van der Waals surface area (Å²) in [6, 6.07) is 3.93. The highest BCUT2D eigenvalue weighted by molar-refractivity contribution is 5.13. The quantitative estimate of drug-likeness (QED) is 0.891. The van der Waals surface area contributed by atoms with E-state index in [1.54, 1.807) is 6.20 Å². The van der Waals surface area contributed by atoms with E-state index in [1.165, 1.54) is 0 Å². The monoisotopic (exact) mass is 273 g/mol. The predicted molar refractivity (Wildman–Crippen MR) is 74.1 cm³/mol. The molecule has 20 heavy (non-hydrogen) atoms. The maximum atomic E-state index is 5.34. The van der Waals surface area contributed by atoms with Crippen LogP contribution in [0.15, 0.2) is 29.0 Å². The molecule has 1 saturated heterocycles. The lowest BCUT2D eigenvalue weighted by Gasteiger charge is -2.16. The van der Waals surface area contributed by atoms with Crippen LogP contribution in [-0.2, 0) is 13.0 Å². The molecule has 0 saturated carbocycles. The molecule has 1 aliphatic rings. The van der Waals surface area contributed by atoms with Crippen molar-refractivity contribution in [1.29, 1.82) is 0 Å². The first-order valence-electron chi connectivity index (χ1n) is 7.03. The van der Waals surface area contributed by atoms with Crippen LogP contribution in [0.5, 0.6) is 0 Å². The molecule has 0 radical (unpaired) electrons. The van der Waals surface area contributed by atoms with Crippen molar-refractivity contribution in [2.45, 2.75) is 19.4 Å². The van der Waals surface area contributed by atoms with Crippen LogP contribution >= 0.6 is 0 Å². The van der Waals surface area contributed by atoms with Crippen LogP contribution in [0.25, 0.3) is 0 Å². The maximum Gasteiger partial charge on any atom is 0.240 e. The Balaban J connectivity index is 1.59. The second kappa shape index (κ2) is 6.58. The molecule has 0 spiro atoms. The Bertz CT molecular complexity index is 519. The number of rotatable bonds is 4. The van der Waals surface area contributed by atoms with E-state index in [-0.39, 0.29) is 0 Å². The molecule has 0 aliphatic carbocycles. The van der Waals surface area contributed by atoms with Crippen LogP contribution in [-0.4, -0.2) is 46.2 Å². The zero-order valence-corrected chi connectivity index (χ0v) is 11.5. The topological polar surface area (TPSA) is 67.1 Å². The summed E-state index contributed by atoms with van der Waals surface area (Å²) in [5.74, 6) is 1.42. The van der Waals surface area contributed by atoms with Crippen molar-refractivity contribution in [3.05, 3.63) is 41.8 Å². The number of aromatic nitrogens is 3. The minimum absolute atomic E-state index is 0.666.